The van der Waals surface area contributed by atoms with Crippen LogP contribution in [0.3, 0.4) is 0 Å². The van der Waals surface area contributed by atoms with E-state index in [0.717, 1.165) is 0 Å². The third-order valence-electron chi connectivity index (χ3n) is 4.67. The Kier molecular flexibility index (Phi) is 5.39. The summed E-state index contributed by atoms with van der Waals surface area (Å²) >= 11 is 0. The van der Waals surface area contributed by atoms with E-state index in [1.165, 1.54) is 12.1 Å². The molecular formula is C24H20FNO4. The monoisotopic (exact) mass is 405 g/mol. The van der Waals surface area contributed by atoms with Gasteiger partial charge in [-0.05, 0) is 61.5 Å². The SMILES string of the molecule is CCOc1ccc2oc(-c3ccc(OC)cc3)c(C(=O)Nc3ccccc3F)c2c1. The summed E-state index contributed by atoms with van der Waals surface area (Å²) < 4.78 is 30.9. The number of benzene rings is 3. The number of para-hydroxylation sites is 1. The van der Waals surface area contributed by atoms with Gasteiger partial charge in [-0.3, -0.25) is 4.79 Å². The molecule has 0 atom stereocenters. The van der Waals surface area contributed by atoms with Crippen molar-refractivity contribution in [3.8, 4) is 22.8 Å². The summed E-state index contributed by atoms with van der Waals surface area (Å²) in [7, 11) is 1.58. The van der Waals surface area contributed by atoms with Gasteiger partial charge in [-0.25, -0.2) is 4.39 Å². The predicted molar refractivity (Wildman–Crippen MR) is 114 cm³/mol. The Balaban J connectivity index is 1.85. The Bertz CT molecular complexity index is 1200. The lowest BCUT2D eigenvalue weighted by molar-refractivity contribution is 0.102. The van der Waals surface area contributed by atoms with E-state index in [9.17, 15) is 9.18 Å². The van der Waals surface area contributed by atoms with Gasteiger partial charge in [0.05, 0.1) is 25.0 Å². The molecule has 0 bridgehead atoms. The lowest BCUT2D eigenvalue weighted by Gasteiger charge is -2.08. The molecule has 0 saturated heterocycles. The number of rotatable bonds is 6. The first-order valence-corrected chi connectivity index (χ1v) is 9.50. The van der Waals surface area contributed by atoms with E-state index in [1.54, 1.807) is 61.7 Å². The van der Waals surface area contributed by atoms with E-state index in [2.05, 4.69) is 5.32 Å². The van der Waals surface area contributed by atoms with E-state index in [-0.39, 0.29) is 5.69 Å². The van der Waals surface area contributed by atoms with Crippen molar-refractivity contribution < 1.29 is 23.1 Å². The van der Waals surface area contributed by atoms with Crippen molar-refractivity contribution in [2.45, 2.75) is 6.92 Å². The quantitative estimate of drug-likeness (QED) is 0.434. The fourth-order valence-corrected chi connectivity index (χ4v) is 3.25. The van der Waals surface area contributed by atoms with E-state index in [4.69, 9.17) is 13.9 Å². The highest BCUT2D eigenvalue weighted by atomic mass is 19.1. The van der Waals surface area contributed by atoms with E-state index < -0.39 is 11.7 Å². The molecule has 0 radical (unpaired) electrons. The van der Waals surface area contributed by atoms with Crippen LogP contribution in [0.1, 0.15) is 17.3 Å². The molecule has 0 aliphatic heterocycles. The van der Waals surface area contributed by atoms with Gasteiger partial charge >= 0.3 is 0 Å². The first kappa shape index (κ1) is 19.5. The van der Waals surface area contributed by atoms with Gasteiger partial charge in [0.2, 0.25) is 0 Å². The summed E-state index contributed by atoms with van der Waals surface area (Å²) in [4.78, 5) is 13.2. The van der Waals surface area contributed by atoms with Crippen molar-refractivity contribution in [1.29, 1.82) is 0 Å². The molecule has 1 N–H and O–H groups in total. The van der Waals surface area contributed by atoms with Crippen molar-refractivity contribution in [3.05, 3.63) is 78.1 Å². The number of ether oxygens (including phenoxy) is 2. The van der Waals surface area contributed by atoms with Crippen molar-refractivity contribution >= 4 is 22.6 Å². The predicted octanol–water partition coefficient (Wildman–Crippen LogP) is 5.90. The average molecular weight is 405 g/mol. The van der Waals surface area contributed by atoms with Crippen molar-refractivity contribution in [1.82, 2.24) is 0 Å². The first-order chi connectivity index (χ1) is 14.6. The summed E-state index contributed by atoms with van der Waals surface area (Å²) in [6, 6.07) is 18.5. The minimum atomic E-state index is -0.514. The zero-order chi connectivity index (χ0) is 21.1. The van der Waals surface area contributed by atoms with Crippen LogP contribution in [0.15, 0.2) is 71.1 Å². The maximum absolute atomic E-state index is 14.1. The fourth-order valence-electron chi connectivity index (χ4n) is 3.25. The number of hydrogen-bond acceptors (Lipinski definition) is 4. The molecule has 0 fully saturated rings. The highest BCUT2D eigenvalue weighted by Gasteiger charge is 2.23. The van der Waals surface area contributed by atoms with Crippen LogP contribution < -0.4 is 14.8 Å². The summed E-state index contributed by atoms with van der Waals surface area (Å²) in [5.41, 5.74) is 1.63. The van der Waals surface area contributed by atoms with Gasteiger partial charge in [0.25, 0.3) is 5.91 Å². The Morgan fingerprint density at radius 1 is 1.03 bits per heavy atom. The number of methoxy groups -OCH3 is 1. The van der Waals surface area contributed by atoms with Gasteiger partial charge in [-0.1, -0.05) is 12.1 Å². The molecule has 3 aromatic carbocycles. The maximum atomic E-state index is 14.1. The standard InChI is InChI=1S/C24H20FNO4/c1-3-29-17-12-13-21-18(14-17)22(24(27)26-20-7-5-4-6-19(20)25)23(30-21)15-8-10-16(28-2)11-9-15/h4-14H,3H2,1-2H3,(H,26,27). The van der Waals surface area contributed by atoms with Crippen LogP contribution in [-0.4, -0.2) is 19.6 Å². The third kappa shape index (κ3) is 3.72. The molecule has 0 aliphatic rings. The second-order valence-electron chi connectivity index (χ2n) is 6.56. The fraction of sp³-hybridized carbons (Fsp3) is 0.125. The lowest BCUT2D eigenvalue weighted by Crippen LogP contribution is -2.13. The molecule has 6 heteroatoms. The highest BCUT2D eigenvalue weighted by Crippen LogP contribution is 2.36. The van der Waals surface area contributed by atoms with Crippen LogP contribution in [0.5, 0.6) is 11.5 Å². The zero-order valence-corrected chi connectivity index (χ0v) is 16.6. The smallest absolute Gasteiger partial charge is 0.260 e. The molecule has 152 valence electrons. The summed E-state index contributed by atoms with van der Waals surface area (Å²) in [5.74, 6) is 0.700. The average Bonchev–Trinajstić information content (AvgIpc) is 3.14. The second kappa shape index (κ2) is 8.29. The lowest BCUT2D eigenvalue weighted by atomic mass is 10.0. The molecule has 0 spiro atoms. The molecule has 5 nitrogen and oxygen atoms in total. The molecule has 0 aliphatic carbocycles. The van der Waals surface area contributed by atoms with Gasteiger partial charge in [-0.15, -0.1) is 0 Å². The molecule has 4 aromatic rings. The second-order valence-corrected chi connectivity index (χ2v) is 6.56. The summed E-state index contributed by atoms with van der Waals surface area (Å²) in [6.07, 6.45) is 0. The van der Waals surface area contributed by atoms with Gasteiger partial charge < -0.3 is 19.2 Å². The van der Waals surface area contributed by atoms with Gasteiger partial charge in [0.15, 0.2) is 0 Å². The first-order valence-electron chi connectivity index (χ1n) is 9.50. The normalized spacial score (nSPS) is 10.8. The topological polar surface area (TPSA) is 60.7 Å². The molecule has 1 amide bonds. The minimum absolute atomic E-state index is 0.0958. The number of carbonyl (C=O) groups excluding carboxylic acids is 1. The molecule has 1 heterocycles. The molecule has 1 aromatic heterocycles. The van der Waals surface area contributed by atoms with Gasteiger partial charge in [-0.2, -0.15) is 0 Å². The largest absolute Gasteiger partial charge is 0.497 e. The summed E-state index contributed by atoms with van der Waals surface area (Å²) in [5, 5.41) is 3.23. The van der Waals surface area contributed by atoms with E-state index in [1.807, 2.05) is 6.92 Å². The van der Waals surface area contributed by atoms with Gasteiger partial charge in [0.1, 0.15) is 28.7 Å². The van der Waals surface area contributed by atoms with Crippen LogP contribution >= 0.6 is 0 Å². The number of hydrogen-bond donors (Lipinski definition) is 1. The zero-order valence-electron chi connectivity index (χ0n) is 16.6. The Labute approximate surface area is 173 Å². The van der Waals surface area contributed by atoms with Gasteiger partial charge in [0, 0.05) is 10.9 Å². The maximum Gasteiger partial charge on any atom is 0.260 e. The third-order valence-corrected chi connectivity index (χ3v) is 4.67. The summed E-state index contributed by atoms with van der Waals surface area (Å²) in [6.45, 7) is 2.37. The number of fused-ring (bicyclic) bond motifs is 1. The van der Waals surface area contributed by atoms with Crippen LogP contribution in [0.25, 0.3) is 22.3 Å². The number of carbonyl (C=O) groups is 1. The number of halogens is 1. The number of furan rings is 1. The van der Waals surface area contributed by atoms with Crippen molar-refractivity contribution in [2.75, 3.05) is 19.0 Å². The van der Waals surface area contributed by atoms with E-state index in [0.29, 0.717) is 46.0 Å². The van der Waals surface area contributed by atoms with Crippen molar-refractivity contribution in [2.24, 2.45) is 0 Å². The molecule has 4 rings (SSSR count). The number of anilines is 1. The molecular weight excluding hydrogens is 385 g/mol. The Hall–Kier alpha value is -3.80. The highest BCUT2D eigenvalue weighted by molar-refractivity contribution is 6.16. The number of amides is 1. The molecule has 30 heavy (non-hydrogen) atoms. The Morgan fingerprint density at radius 3 is 2.47 bits per heavy atom. The van der Waals surface area contributed by atoms with Crippen molar-refractivity contribution in [3.63, 3.8) is 0 Å². The van der Waals surface area contributed by atoms with Crippen LogP contribution in [-0.2, 0) is 0 Å². The van der Waals surface area contributed by atoms with E-state index >= 15 is 0 Å². The van der Waals surface area contributed by atoms with Crippen LogP contribution in [0, 0.1) is 5.82 Å². The van der Waals surface area contributed by atoms with Crippen LogP contribution in [0.2, 0.25) is 0 Å². The molecule has 0 saturated carbocycles. The Morgan fingerprint density at radius 2 is 1.77 bits per heavy atom. The number of nitrogens with one attached hydrogen (secondary N) is 1. The minimum Gasteiger partial charge on any atom is -0.497 e. The van der Waals surface area contributed by atoms with Crippen LogP contribution in [0.4, 0.5) is 10.1 Å². The molecule has 0 unspecified atom stereocenters.